The van der Waals surface area contributed by atoms with Crippen LogP contribution < -0.4 is 10.2 Å². The smallest absolute Gasteiger partial charge is 0.343 e. The summed E-state index contributed by atoms with van der Waals surface area (Å²) in [7, 11) is 0. The molecule has 1 aromatic carbocycles. The van der Waals surface area contributed by atoms with Crippen LogP contribution in [-0.4, -0.2) is 23.8 Å². The van der Waals surface area contributed by atoms with Crippen molar-refractivity contribution in [1.82, 2.24) is 4.57 Å². The highest BCUT2D eigenvalue weighted by molar-refractivity contribution is 5.95. The van der Waals surface area contributed by atoms with Crippen LogP contribution >= 0.6 is 0 Å². The summed E-state index contributed by atoms with van der Waals surface area (Å²) in [6, 6.07) is 0.835. The van der Waals surface area contributed by atoms with Crippen LogP contribution in [0.4, 0.5) is 8.78 Å². The number of hydrogen-bond donors (Lipinski definition) is 0. The first-order chi connectivity index (χ1) is 11.5. The Morgan fingerprint density at radius 3 is 2.58 bits per heavy atom. The molecule has 1 heterocycles. The van der Waals surface area contributed by atoms with E-state index >= 15 is 0 Å². The zero-order chi connectivity index (χ0) is 17.4. The van der Waals surface area contributed by atoms with Gasteiger partial charge in [0.1, 0.15) is 5.56 Å². The number of aromatic nitrogens is 1. The van der Waals surface area contributed by atoms with Crippen LogP contribution in [0.3, 0.4) is 0 Å². The van der Waals surface area contributed by atoms with Gasteiger partial charge in [0.15, 0.2) is 11.6 Å². The van der Waals surface area contributed by atoms with Gasteiger partial charge in [0, 0.05) is 12.2 Å². The Bertz CT molecular complexity index is 871. The monoisotopic (exact) mass is 337 g/mol. The number of halogens is 2. The van der Waals surface area contributed by atoms with Crippen molar-refractivity contribution in [3.8, 4) is 5.75 Å². The lowest BCUT2D eigenvalue weighted by atomic mass is 10.1. The number of esters is 1. The van der Waals surface area contributed by atoms with E-state index in [2.05, 4.69) is 0 Å². The van der Waals surface area contributed by atoms with Crippen LogP contribution in [-0.2, 0) is 4.74 Å². The fourth-order valence-electron chi connectivity index (χ4n) is 2.70. The highest BCUT2D eigenvalue weighted by atomic mass is 19.2. The third-order valence-electron chi connectivity index (χ3n) is 3.89. The van der Waals surface area contributed by atoms with Crippen molar-refractivity contribution in [2.75, 3.05) is 13.2 Å². The van der Waals surface area contributed by atoms with Crippen LogP contribution in [0.1, 0.15) is 43.1 Å². The van der Waals surface area contributed by atoms with Crippen molar-refractivity contribution < 1.29 is 23.0 Å². The van der Waals surface area contributed by atoms with Gasteiger partial charge >= 0.3 is 5.97 Å². The summed E-state index contributed by atoms with van der Waals surface area (Å²) < 4.78 is 39.9. The molecule has 0 aliphatic heterocycles. The standard InChI is InChI=1S/C17H17F2NO4/c1-3-23-16-13(19)12(18)7-10-14(16)20(9-5-6-9)8-11(15(10)21)17(22)24-4-2/h7-9H,3-6H2,1-2H3. The maximum Gasteiger partial charge on any atom is 0.343 e. The molecule has 0 bridgehead atoms. The zero-order valence-electron chi connectivity index (χ0n) is 13.4. The van der Waals surface area contributed by atoms with Crippen LogP contribution in [0.2, 0.25) is 0 Å². The molecule has 5 nitrogen and oxygen atoms in total. The van der Waals surface area contributed by atoms with E-state index in [1.165, 1.54) is 6.20 Å². The van der Waals surface area contributed by atoms with Crippen molar-refractivity contribution >= 4 is 16.9 Å². The number of pyridine rings is 1. The molecular weight excluding hydrogens is 320 g/mol. The SMILES string of the molecule is CCOC(=O)c1cn(C2CC2)c2c(OCC)c(F)c(F)cc2c1=O. The minimum Gasteiger partial charge on any atom is -0.489 e. The molecule has 128 valence electrons. The van der Waals surface area contributed by atoms with Gasteiger partial charge in [-0.3, -0.25) is 4.79 Å². The zero-order valence-corrected chi connectivity index (χ0v) is 13.4. The van der Waals surface area contributed by atoms with Gasteiger partial charge in [-0.05, 0) is 32.8 Å². The fourth-order valence-corrected chi connectivity index (χ4v) is 2.70. The Kier molecular flexibility index (Phi) is 4.26. The second-order valence-electron chi connectivity index (χ2n) is 5.56. The van der Waals surface area contributed by atoms with E-state index in [0.717, 1.165) is 18.9 Å². The number of fused-ring (bicyclic) bond motifs is 1. The Morgan fingerprint density at radius 1 is 1.29 bits per heavy atom. The Labute approximate surface area is 136 Å². The molecule has 0 radical (unpaired) electrons. The summed E-state index contributed by atoms with van der Waals surface area (Å²) in [5.74, 6) is -3.40. The van der Waals surface area contributed by atoms with Gasteiger partial charge in [-0.25, -0.2) is 9.18 Å². The van der Waals surface area contributed by atoms with Gasteiger partial charge in [0.25, 0.3) is 0 Å². The van der Waals surface area contributed by atoms with E-state index in [-0.39, 0.29) is 41.5 Å². The van der Waals surface area contributed by atoms with Crippen molar-refractivity contribution in [3.05, 3.63) is 39.7 Å². The highest BCUT2D eigenvalue weighted by Gasteiger charge is 2.30. The van der Waals surface area contributed by atoms with Crippen LogP contribution in [0.25, 0.3) is 10.9 Å². The molecular formula is C17H17F2NO4. The highest BCUT2D eigenvalue weighted by Crippen LogP contribution is 2.40. The molecule has 3 rings (SSSR count). The average molecular weight is 337 g/mol. The first-order valence-corrected chi connectivity index (χ1v) is 7.86. The summed E-state index contributed by atoms with van der Waals surface area (Å²) in [4.78, 5) is 24.6. The predicted octanol–water partition coefficient (Wildman–Crippen LogP) is 3.19. The number of hydrogen-bond acceptors (Lipinski definition) is 4. The molecule has 0 saturated heterocycles. The van der Waals surface area contributed by atoms with Crippen molar-refractivity contribution in [3.63, 3.8) is 0 Å². The summed E-state index contributed by atoms with van der Waals surface area (Å²) in [5, 5.41) is -0.0881. The van der Waals surface area contributed by atoms with E-state index in [1.54, 1.807) is 18.4 Å². The molecule has 0 N–H and O–H groups in total. The summed E-state index contributed by atoms with van der Waals surface area (Å²) in [5.41, 5.74) is -0.707. The molecule has 0 spiro atoms. The molecule has 1 aromatic heterocycles. The lowest BCUT2D eigenvalue weighted by Crippen LogP contribution is -2.21. The topological polar surface area (TPSA) is 57.5 Å². The number of benzene rings is 1. The molecule has 1 fully saturated rings. The molecule has 7 heteroatoms. The second kappa shape index (κ2) is 6.22. The van der Waals surface area contributed by atoms with E-state index < -0.39 is 23.0 Å². The van der Waals surface area contributed by atoms with Gasteiger partial charge in [0.05, 0.1) is 24.1 Å². The Hall–Kier alpha value is -2.44. The summed E-state index contributed by atoms with van der Waals surface area (Å²) in [6.07, 6.45) is 3.01. The predicted molar refractivity (Wildman–Crippen MR) is 83.5 cm³/mol. The summed E-state index contributed by atoms with van der Waals surface area (Å²) in [6.45, 7) is 3.50. The minimum absolute atomic E-state index is 0.0188. The van der Waals surface area contributed by atoms with E-state index in [4.69, 9.17) is 9.47 Å². The number of carbonyl (C=O) groups is 1. The molecule has 1 saturated carbocycles. The quantitative estimate of drug-likeness (QED) is 0.786. The third kappa shape index (κ3) is 2.64. The van der Waals surface area contributed by atoms with Crippen LogP contribution in [0.15, 0.2) is 17.1 Å². The summed E-state index contributed by atoms with van der Waals surface area (Å²) >= 11 is 0. The molecule has 2 aromatic rings. The molecule has 0 unspecified atom stereocenters. The van der Waals surface area contributed by atoms with Gasteiger partial charge in [-0.2, -0.15) is 4.39 Å². The first-order valence-electron chi connectivity index (χ1n) is 7.86. The molecule has 24 heavy (non-hydrogen) atoms. The maximum atomic E-state index is 14.2. The van der Waals surface area contributed by atoms with Gasteiger partial charge in [-0.15, -0.1) is 0 Å². The molecule has 0 amide bonds. The fraction of sp³-hybridized carbons (Fsp3) is 0.412. The van der Waals surface area contributed by atoms with E-state index in [9.17, 15) is 18.4 Å². The van der Waals surface area contributed by atoms with E-state index in [1.807, 2.05) is 0 Å². The number of carbonyl (C=O) groups excluding carboxylic acids is 1. The lowest BCUT2D eigenvalue weighted by Gasteiger charge is -2.16. The number of nitrogens with zero attached hydrogens (tertiary/aromatic N) is 1. The normalized spacial score (nSPS) is 14.0. The number of rotatable bonds is 5. The third-order valence-corrected chi connectivity index (χ3v) is 3.89. The second-order valence-corrected chi connectivity index (χ2v) is 5.56. The van der Waals surface area contributed by atoms with Crippen molar-refractivity contribution in [2.24, 2.45) is 0 Å². The van der Waals surface area contributed by atoms with Crippen LogP contribution in [0.5, 0.6) is 5.75 Å². The van der Waals surface area contributed by atoms with E-state index in [0.29, 0.717) is 0 Å². The Morgan fingerprint density at radius 2 is 2.00 bits per heavy atom. The molecule has 1 aliphatic carbocycles. The van der Waals surface area contributed by atoms with Crippen molar-refractivity contribution in [1.29, 1.82) is 0 Å². The minimum atomic E-state index is -1.19. The largest absolute Gasteiger partial charge is 0.489 e. The van der Waals surface area contributed by atoms with Crippen molar-refractivity contribution in [2.45, 2.75) is 32.7 Å². The van der Waals surface area contributed by atoms with Gasteiger partial charge < -0.3 is 14.0 Å². The maximum absolute atomic E-state index is 14.2. The van der Waals surface area contributed by atoms with Gasteiger partial charge in [0.2, 0.25) is 11.2 Å². The molecule has 1 aliphatic rings. The molecule has 0 atom stereocenters. The lowest BCUT2D eigenvalue weighted by molar-refractivity contribution is 0.0524. The van der Waals surface area contributed by atoms with Gasteiger partial charge in [-0.1, -0.05) is 0 Å². The first kappa shape index (κ1) is 16.4. The average Bonchev–Trinajstić information content (AvgIpc) is 3.38. The van der Waals surface area contributed by atoms with Crippen LogP contribution in [0, 0.1) is 11.6 Å². The number of ether oxygens (including phenoxy) is 2. The Balaban J connectivity index is 2.38.